The molecule has 0 spiro atoms. The molecular weight excluding hydrogens is 460 g/mol. The number of aryl methyl sites for hydroxylation is 2. The van der Waals surface area contributed by atoms with Crippen molar-refractivity contribution >= 4 is 17.4 Å². The molecule has 2 aliphatic rings. The largest absolute Gasteiger partial charge is 0.507 e. The van der Waals surface area contributed by atoms with Gasteiger partial charge in [0.1, 0.15) is 5.76 Å². The first kappa shape index (κ1) is 25.7. The Morgan fingerprint density at radius 1 is 1.06 bits per heavy atom. The van der Waals surface area contributed by atoms with E-state index in [1.165, 1.54) is 0 Å². The maximum absolute atomic E-state index is 13.4. The Morgan fingerprint density at radius 2 is 1.81 bits per heavy atom. The molecule has 8 heteroatoms. The standard InChI is InChI=1S/C28H34N2O6/c1-5-36-22-9-8-20(17-23(22)34-4)25-24(26(31)21-16-18(2)6-7-19(21)3)27(32)28(33)30(25)11-10-29-12-14-35-15-13-29/h6-9,16-17,25,31H,5,10-15H2,1-4H3/b26-24+. The van der Waals surface area contributed by atoms with Gasteiger partial charge in [0.25, 0.3) is 11.7 Å². The lowest BCUT2D eigenvalue weighted by Gasteiger charge is -2.31. The van der Waals surface area contributed by atoms with Gasteiger partial charge in [-0.25, -0.2) is 0 Å². The minimum absolute atomic E-state index is 0.0851. The number of aliphatic hydroxyl groups excluding tert-OH is 1. The van der Waals surface area contributed by atoms with Crippen molar-refractivity contribution in [3.63, 3.8) is 0 Å². The van der Waals surface area contributed by atoms with Crippen LogP contribution in [0.4, 0.5) is 0 Å². The number of likely N-dealkylation sites (tertiary alicyclic amines) is 1. The summed E-state index contributed by atoms with van der Waals surface area (Å²) in [4.78, 5) is 30.5. The molecule has 0 bridgehead atoms. The zero-order chi connectivity index (χ0) is 25.8. The number of methoxy groups -OCH3 is 1. The zero-order valence-electron chi connectivity index (χ0n) is 21.4. The minimum atomic E-state index is -0.754. The van der Waals surface area contributed by atoms with E-state index in [4.69, 9.17) is 14.2 Å². The second-order valence-corrected chi connectivity index (χ2v) is 9.11. The molecule has 0 radical (unpaired) electrons. The van der Waals surface area contributed by atoms with Crippen molar-refractivity contribution < 1.29 is 28.9 Å². The molecule has 2 aliphatic heterocycles. The maximum Gasteiger partial charge on any atom is 0.295 e. The molecule has 2 aromatic rings. The number of nitrogens with zero attached hydrogens (tertiary/aromatic N) is 2. The summed E-state index contributed by atoms with van der Waals surface area (Å²) in [6, 6.07) is 10.3. The fourth-order valence-electron chi connectivity index (χ4n) is 4.80. The van der Waals surface area contributed by atoms with Gasteiger partial charge < -0.3 is 24.2 Å². The van der Waals surface area contributed by atoms with Crippen molar-refractivity contribution in [3.8, 4) is 11.5 Å². The van der Waals surface area contributed by atoms with Crippen molar-refractivity contribution in [3.05, 3.63) is 64.2 Å². The highest BCUT2D eigenvalue weighted by atomic mass is 16.5. The summed E-state index contributed by atoms with van der Waals surface area (Å²) in [5.41, 5.74) is 3.07. The number of ether oxygens (including phenoxy) is 3. The number of carbonyl (C=O) groups is 2. The molecule has 4 rings (SSSR count). The first-order valence-electron chi connectivity index (χ1n) is 12.3. The van der Waals surface area contributed by atoms with Crippen LogP contribution in [0.25, 0.3) is 5.76 Å². The number of benzene rings is 2. The molecule has 1 N–H and O–H groups in total. The molecule has 0 saturated carbocycles. The van der Waals surface area contributed by atoms with E-state index in [9.17, 15) is 14.7 Å². The highest BCUT2D eigenvalue weighted by Gasteiger charge is 2.46. The molecule has 0 aliphatic carbocycles. The lowest BCUT2D eigenvalue weighted by Crippen LogP contribution is -2.42. The summed E-state index contributed by atoms with van der Waals surface area (Å²) in [6.07, 6.45) is 0. The highest BCUT2D eigenvalue weighted by Crippen LogP contribution is 2.42. The minimum Gasteiger partial charge on any atom is -0.507 e. The third kappa shape index (κ3) is 5.10. The first-order chi connectivity index (χ1) is 17.3. The predicted molar refractivity (Wildman–Crippen MR) is 136 cm³/mol. The van der Waals surface area contributed by atoms with Gasteiger partial charge in [0, 0.05) is 31.7 Å². The Labute approximate surface area is 212 Å². The summed E-state index contributed by atoms with van der Waals surface area (Å²) < 4.78 is 16.6. The number of hydrogen-bond donors (Lipinski definition) is 1. The monoisotopic (exact) mass is 494 g/mol. The Balaban J connectivity index is 1.81. The molecule has 36 heavy (non-hydrogen) atoms. The second-order valence-electron chi connectivity index (χ2n) is 9.11. The van der Waals surface area contributed by atoms with Crippen molar-refractivity contribution in [1.82, 2.24) is 9.80 Å². The average Bonchev–Trinajstić information content (AvgIpc) is 3.14. The van der Waals surface area contributed by atoms with Crippen LogP contribution < -0.4 is 9.47 Å². The number of carbonyl (C=O) groups excluding carboxylic acids is 2. The molecule has 1 unspecified atom stereocenters. The smallest absolute Gasteiger partial charge is 0.295 e. The van der Waals surface area contributed by atoms with Gasteiger partial charge in [0.2, 0.25) is 0 Å². The van der Waals surface area contributed by atoms with Crippen LogP contribution in [0, 0.1) is 13.8 Å². The summed E-state index contributed by atoms with van der Waals surface area (Å²) in [7, 11) is 1.55. The molecule has 2 aromatic carbocycles. The predicted octanol–water partition coefficient (Wildman–Crippen LogP) is 3.46. The summed E-state index contributed by atoms with van der Waals surface area (Å²) in [5.74, 6) is -0.397. The van der Waals surface area contributed by atoms with E-state index in [2.05, 4.69) is 4.90 Å². The highest BCUT2D eigenvalue weighted by molar-refractivity contribution is 6.46. The molecule has 1 amide bonds. The van der Waals surface area contributed by atoms with Crippen LogP contribution in [0.15, 0.2) is 42.0 Å². The third-order valence-corrected chi connectivity index (χ3v) is 6.75. The molecule has 8 nitrogen and oxygen atoms in total. The van der Waals surface area contributed by atoms with E-state index in [0.29, 0.717) is 55.5 Å². The van der Waals surface area contributed by atoms with Gasteiger partial charge in [-0.2, -0.15) is 0 Å². The van der Waals surface area contributed by atoms with Crippen LogP contribution in [0.1, 0.15) is 35.2 Å². The molecule has 192 valence electrons. The molecular formula is C28H34N2O6. The van der Waals surface area contributed by atoms with Crippen LogP contribution in [0.3, 0.4) is 0 Å². The van der Waals surface area contributed by atoms with Gasteiger partial charge in [0.05, 0.1) is 38.5 Å². The maximum atomic E-state index is 13.4. The van der Waals surface area contributed by atoms with Crippen molar-refractivity contribution in [2.45, 2.75) is 26.8 Å². The van der Waals surface area contributed by atoms with Gasteiger partial charge in [-0.3, -0.25) is 14.5 Å². The average molecular weight is 495 g/mol. The Bertz CT molecular complexity index is 1170. The molecule has 0 aromatic heterocycles. The van der Waals surface area contributed by atoms with Crippen LogP contribution in [0.5, 0.6) is 11.5 Å². The van der Waals surface area contributed by atoms with Crippen LogP contribution in [0.2, 0.25) is 0 Å². The van der Waals surface area contributed by atoms with E-state index < -0.39 is 17.7 Å². The second kappa shape index (κ2) is 11.1. The summed E-state index contributed by atoms with van der Waals surface area (Å²) in [5, 5.41) is 11.4. The normalized spacial score (nSPS) is 20.1. The molecule has 2 fully saturated rings. The van der Waals surface area contributed by atoms with E-state index in [1.54, 1.807) is 24.1 Å². The zero-order valence-corrected chi connectivity index (χ0v) is 21.4. The number of rotatable bonds is 8. The molecule has 1 atom stereocenters. The molecule has 2 saturated heterocycles. The number of ketones is 1. The van der Waals surface area contributed by atoms with Crippen molar-refractivity contribution in [1.29, 1.82) is 0 Å². The fourth-order valence-corrected chi connectivity index (χ4v) is 4.80. The van der Waals surface area contributed by atoms with E-state index in [-0.39, 0.29) is 11.3 Å². The van der Waals surface area contributed by atoms with Crippen LogP contribution in [-0.2, 0) is 14.3 Å². The Kier molecular flexibility index (Phi) is 7.96. The van der Waals surface area contributed by atoms with Crippen LogP contribution in [-0.4, -0.2) is 79.7 Å². The number of aliphatic hydroxyl groups is 1. The number of amides is 1. The van der Waals surface area contributed by atoms with E-state index in [1.807, 2.05) is 45.0 Å². The first-order valence-corrected chi connectivity index (χ1v) is 12.3. The van der Waals surface area contributed by atoms with Crippen molar-refractivity contribution in [2.24, 2.45) is 0 Å². The van der Waals surface area contributed by atoms with Gasteiger partial charge in [-0.05, 0) is 50.1 Å². The SMILES string of the molecule is CCOc1ccc(C2/C(=C(\O)c3cc(C)ccc3C)C(=O)C(=O)N2CCN2CCOCC2)cc1OC. The van der Waals surface area contributed by atoms with E-state index in [0.717, 1.165) is 24.2 Å². The fraction of sp³-hybridized carbons (Fsp3) is 0.429. The Morgan fingerprint density at radius 3 is 2.50 bits per heavy atom. The van der Waals surface area contributed by atoms with Gasteiger partial charge in [0.15, 0.2) is 11.5 Å². The van der Waals surface area contributed by atoms with Gasteiger partial charge >= 0.3 is 0 Å². The summed E-state index contributed by atoms with van der Waals surface area (Å²) in [6.45, 7) is 9.93. The lowest BCUT2D eigenvalue weighted by atomic mass is 9.93. The number of hydrogen-bond acceptors (Lipinski definition) is 7. The molecule has 2 heterocycles. The number of Topliss-reactive ketones (excluding diaryl/α,β-unsaturated/α-hetero) is 1. The van der Waals surface area contributed by atoms with Gasteiger partial charge in [-0.1, -0.05) is 23.8 Å². The summed E-state index contributed by atoms with van der Waals surface area (Å²) >= 11 is 0. The third-order valence-electron chi connectivity index (χ3n) is 6.75. The topological polar surface area (TPSA) is 88.5 Å². The number of morpholine rings is 1. The van der Waals surface area contributed by atoms with E-state index >= 15 is 0 Å². The Hall–Kier alpha value is -3.36. The quantitative estimate of drug-likeness (QED) is 0.342. The van der Waals surface area contributed by atoms with Gasteiger partial charge in [-0.15, -0.1) is 0 Å². The lowest BCUT2D eigenvalue weighted by molar-refractivity contribution is -0.140. The van der Waals surface area contributed by atoms with Crippen molar-refractivity contribution in [2.75, 3.05) is 53.1 Å². The van der Waals surface area contributed by atoms with Crippen LogP contribution >= 0.6 is 0 Å².